The number of piperidine rings is 1. The number of aliphatic carboxylic acids is 1. The molecule has 1 N–H and O–H groups in total. The smallest absolute Gasteiger partial charge is 0.308 e. The van der Waals surface area contributed by atoms with Crippen LogP contribution in [0.15, 0.2) is 48.5 Å². The van der Waals surface area contributed by atoms with Crippen LogP contribution in [0.5, 0.6) is 0 Å². The fourth-order valence-corrected chi connectivity index (χ4v) is 3.26. The van der Waals surface area contributed by atoms with Crippen LogP contribution < -0.4 is 0 Å². The standard InChI is InChI=1S/C21H21NO4/c1-14-8-10-15(11-9-14)19(23)17-6-2-3-7-18(17)20(24)22-12-4-5-16(13-22)21(25)26/h2-3,6-11,16H,4-5,12-13H2,1H3,(H,25,26). The van der Waals surface area contributed by atoms with E-state index >= 15 is 0 Å². The average molecular weight is 351 g/mol. The van der Waals surface area contributed by atoms with E-state index in [0.29, 0.717) is 36.1 Å². The van der Waals surface area contributed by atoms with Crippen molar-refractivity contribution in [3.8, 4) is 0 Å². The molecule has 1 aliphatic heterocycles. The molecular formula is C21H21NO4. The lowest BCUT2D eigenvalue weighted by Gasteiger charge is -2.31. The summed E-state index contributed by atoms with van der Waals surface area (Å²) in [7, 11) is 0. The number of rotatable bonds is 4. The van der Waals surface area contributed by atoms with Gasteiger partial charge in [-0.15, -0.1) is 0 Å². The number of likely N-dealkylation sites (tertiary alicyclic amines) is 1. The number of nitrogens with zero attached hydrogens (tertiary/aromatic N) is 1. The van der Waals surface area contributed by atoms with E-state index in [1.165, 1.54) is 0 Å². The molecule has 3 rings (SSSR count). The van der Waals surface area contributed by atoms with Crippen LogP contribution >= 0.6 is 0 Å². The Hall–Kier alpha value is -2.95. The lowest BCUT2D eigenvalue weighted by Crippen LogP contribution is -2.42. The van der Waals surface area contributed by atoms with Crippen molar-refractivity contribution >= 4 is 17.7 Å². The van der Waals surface area contributed by atoms with Crippen molar-refractivity contribution in [2.45, 2.75) is 19.8 Å². The number of ketones is 1. The molecule has 26 heavy (non-hydrogen) atoms. The van der Waals surface area contributed by atoms with Gasteiger partial charge in [-0.05, 0) is 25.8 Å². The monoisotopic (exact) mass is 351 g/mol. The fraction of sp³-hybridized carbons (Fsp3) is 0.286. The summed E-state index contributed by atoms with van der Waals surface area (Å²) in [6, 6.07) is 14.0. The lowest BCUT2D eigenvalue weighted by atomic mass is 9.94. The number of hydrogen-bond acceptors (Lipinski definition) is 3. The van der Waals surface area contributed by atoms with E-state index in [1.54, 1.807) is 41.3 Å². The lowest BCUT2D eigenvalue weighted by molar-refractivity contribution is -0.143. The predicted molar refractivity (Wildman–Crippen MR) is 97.3 cm³/mol. The molecule has 1 atom stereocenters. The van der Waals surface area contributed by atoms with E-state index in [2.05, 4.69) is 0 Å². The quantitative estimate of drug-likeness (QED) is 0.859. The van der Waals surface area contributed by atoms with E-state index < -0.39 is 11.9 Å². The molecule has 134 valence electrons. The first kappa shape index (κ1) is 17.9. The van der Waals surface area contributed by atoms with Crippen LogP contribution in [0.1, 0.15) is 44.7 Å². The van der Waals surface area contributed by atoms with Gasteiger partial charge >= 0.3 is 5.97 Å². The zero-order valence-corrected chi connectivity index (χ0v) is 14.6. The number of benzene rings is 2. The van der Waals surface area contributed by atoms with Crippen molar-refractivity contribution in [3.05, 3.63) is 70.8 Å². The highest BCUT2D eigenvalue weighted by atomic mass is 16.4. The molecule has 0 bridgehead atoms. The van der Waals surface area contributed by atoms with Crippen LogP contribution in [0.3, 0.4) is 0 Å². The van der Waals surface area contributed by atoms with Crippen LogP contribution in [-0.4, -0.2) is 40.8 Å². The molecule has 1 heterocycles. The molecule has 1 saturated heterocycles. The Labute approximate surface area is 152 Å². The molecule has 1 fully saturated rings. The molecule has 2 aromatic carbocycles. The number of carbonyl (C=O) groups is 3. The molecule has 0 aromatic heterocycles. The molecule has 2 aromatic rings. The first-order valence-corrected chi connectivity index (χ1v) is 8.70. The van der Waals surface area contributed by atoms with Crippen molar-refractivity contribution in [2.24, 2.45) is 5.92 Å². The van der Waals surface area contributed by atoms with Gasteiger partial charge in [0.25, 0.3) is 5.91 Å². The van der Waals surface area contributed by atoms with Crippen LogP contribution in [0.25, 0.3) is 0 Å². The highest BCUT2D eigenvalue weighted by Crippen LogP contribution is 2.22. The van der Waals surface area contributed by atoms with Crippen molar-refractivity contribution < 1.29 is 19.5 Å². The number of amides is 1. The molecule has 1 amide bonds. The molecule has 1 aliphatic rings. The summed E-state index contributed by atoms with van der Waals surface area (Å²) in [6.45, 7) is 2.64. The van der Waals surface area contributed by atoms with Gasteiger partial charge in [0.15, 0.2) is 5.78 Å². The highest BCUT2D eigenvalue weighted by molar-refractivity contribution is 6.15. The summed E-state index contributed by atoms with van der Waals surface area (Å²) < 4.78 is 0. The minimum Gasteiger partial charge on any atom is -0.481 e. The van der Waals surface area contributed by atoms with Gasteiger partial charge in [0.05, 0.1) is 11.5 Å². The molecule has 5 heteroatoms. The SMILES string of the molecule is Cc1ccc(C(=O)c2ccccc2C(=O)N2CCCC(C(=O)O)C2)cc1. The van der Waals surface area contributed by atoms with Crippen LogP contribution in [0, 0.1) is 12.8 Å². The Kier molecular flexibility index (Phi) is 5.16. The van der Waals surface area contributed by atoms with Crippen molar-refractivity contribution in [1.82, 2.24) is 4.90 Å². The minimum atomic E-state index is -0.883. The minimum absolute atomic E-state index is 0.182. The van der Waals surface area contributed by atoms with Gasteiger partial charge in [-0.25, -0.2) is 0 Å². The molecule has 0 aliphatic carbocycles. The highest BCUT2D eigenvalue weighted by Gasteiger charge is 2.30. The van der Waals surface area contributed by atoms with Gasteiger partial charge in [-0.2, -0.15) is 0 Å². The number of carboxylic acid groups (broad SMARTS) is 1. The average Bonchev–Trinajstić information content (AvgIpc) is 2.67. The van der Waals surface area contributed by atoms with E-state index in [0.717, 1.165) is 5.56 Å². The normalized spacial score (nSPS) is 17.0. The molecule has 0 radical (unpaired) electrons. The van der Waals surface area contributed by atoms with Crippen molar-refractivity contribution in [3.63, 3.8) is 0 Å². The van der Waals surface area contributed by atoms with Gasteiger partial charge in [0, 0.05) is 24.2 Å². The van der Waals surface area contributed by atoms with Gasteiger partial charge in [-0.1, -0.05) is 48.0 Å². The summed E-state index contributed by atoms with van der Waals surface area (Å²) in [5.74, 6) is -1.92. The largest absolute Gasteiger partial charge is 0.481 e. The Morgan fingerprint density at radius 1 is 1.00 bits per heavy atom. The van der Waals surface area contributed by atoms with Gasteiger partial charge < -0.3 is 10.0 Å². The zero-order valence-electron chi connectivity index (χ0n) is 14.6. The second-order valence-electron chi connectivity index (χ2n) is 6.67. The second-order valence-corrected chi connectivity index (χ2v) is 6.67. The van der Waals surface area contributed by atoms with E-state index in [4.69, 9.17) is 0 Å². The zero-order chi connectivity index (χ0) is 18.7. The predicted octanol–water partition coefficient (Wildman–Crippen LogP) is 3.16. The number of carbonyl (C=O) groups excluding carboxylic acids is 2. The Balaban J connectivity index is 1.89. The van der Waals surface area contributed by atoms with Crippen LogP contribution in [0.2, 0.25) is 0 Å². The third-order valence-corrected chi connectivity index (χ3v) is 4.77. The summed E-state index contributed by atoms with van der Waals surface area (Å²) in [4.78, 5) is 38.6. The second kappa shape index (κ2) is 7.52. The van der Waals surface area contributed by atoms with Gasteiger partial charge in [-0.3, -0.25) is 14.4 Å². The fourth-order valence-electron chi connectivity index (χ4n) is 3.26. The molecule has 5 nitrogen and oxygen atoms in total. The van der Waals surface area contributed by atoms with E-state index in [1.807, 2.05) is 19.1 Å². The Morgan fingerprint density at radius 2 is 1.65 bits per heavy atom. The third-order valence-electron chi connectivity index (χ3n) is 4.77. The number of carboxylic acids is 1. The summed E-state index contributed by atoms with van der Waals surface area (Å²) in [5, 5.41) is 9.23. The maximum atomic E-state index is 13.0. The molecule has 0 spiro atoms. The van der Waals surface area contributed by atoms with Crippen LogP contribution in [-0.2, 0) is 4.79 Å². The Bertz CT molecular complexity index is 841. The summed E-state index contributed by atoms with van der Waals surface area (Å²) in [5.41, 5.74) is 2.25. The topological polar surface area (TPSA) is 74.7 Å². The van der Waals surface area contributed by atoms with Crippen LogP contribution in [0.4, 0.5) is 0 Å². The Morgan fingerprint density at radius 3 is 2.31 bits per heavy atom. The molecule has 0 saturated carbocycles. The number of aryl methyl sites for hydroxylation is 1. The third kappa shape index (κ3) is 3.67. The van der Waals surface area contributed by atoms with Crippen molar-refractivity contribution in [1.29, 1.82) is 0 Å². The summed E-state index contributed by atoms with van der Waals surface area (Å²) >= 11 is 0. The maximum absolute atomic E-state index is 13.0. The first-order valence-electron chi connectivity index (χ1n) is 8.70. The maximum Gasteiger partial charge on any atom is 0.308 e. The van der Waals surface area contributed by atoms with Crippen molar-refractivity contribution in [2.75, 3.05) is 13.1 Å². The first-order chi connectivity index (χ1) is 12.5. The summed E-state index contributed by atoms with van der Waals surface area (Å²) in [6.07, 6.45) is 1.22. The van der Waals surface area contributed by atoms with E-state index in [9.17, 15) is 19.5 Å². The van der Waals surface area contributed by atoms with Gasteiger partial charge in [0.1, 0.15) is 0 Å². The molecule has 1 unspecified atom stereocenters. The molecular weight excluding hydrogens is 330 g/mol. The number of hydrogen-bond donors (Lipinski definition) is 1. The van der Waals surface area contributed by atoms with Gasteiger partial charge in [0.2, 0.25) is 0 Å². The van der Waals surface area contributed by atoms with E-state index in [-0.39, 0.29) is 18.2 Å².